The number of benzene rings is 1. The van der Waals surface area contributed by atoms with E-state index in [0.717, 1.165) is 71.2 Å². The van der Waals surface area contributed by atoms with Gasteiger partial charge in [-0.05, 0) is 55.9 Å². The van der Waals surface area contributed by atoms with Crippen molar-refractivity contribution in [2.45, 2.75) is 39.7 Å². The maximum atomic E-state index is 6.11. The molecule has 0 unspecified atom stereocenters. The number of H-pyrrole nitrogens is 1. The van der Waals surface area contributed by atoms with Gasteiger partial charge in [0.25, 0.3) is 0 Å². The number of aryl methyl sites for hydroxylation is 1. The lowest BCUT2D eigenvalue weighted by Gasteiger charge is -2.28. The smallest absolute Gasteiger partial charge is 0.177 e. The van der Waals surface area contributed by atoms with Crippen LogP contribution in [0.15, 0.2) is 36.8 Å². The van der Waals surface area contributed by atoms with E-state index in [-0.39, 0.29) is 0 Å². The number of anilines is 1. The summed E-state index contributed by atoms with van der Waals surface area (Å²) in [5.74, 6) is 3.57. The predicted octanol–water partition coefficient (Wildman–Crippen LogP) is 4.25. The molecule has 0 spiro atoms. The quantitative estimate of drug-likeness (QED) is 0.516. The van der Waals surface area contributed by atoms with Crippen LogP contribution in [0.4, 0.5) is 5.82 Å². The van der Waals surface area contributed by atoms with Gasteiger partial charge >= 0.3 is 0 Å². The van der Waals surface area contributed by atoms with Crippen LogP contribution in [0.2, 0.25) is 0 Å². The molecule has 32 heavy (non-hydrogen) atoms. The first kappa shape index (κ1) is 19.2. The molecule has 0 radical (unpaired) electrons. The van der Waals surface area contributed by atoms with Crippen LogP contribution in [0.3, 0.4) is 0 Å². The zero-order chi connectivity index (χ0) is 21.7. The summed E-state index contributed by atoms with van der Waals surface area (Å²) < 4.78 is 6.11. The van der Waals surface area contributed by atoms with Gasteiger partial charge in [0.15, 0.2) is 5.65 Å². The highest BCUT2D eigenvalue weighted by molar-refractivity contribution is 5.78. The number of ether oxygens (including phenoxy) is 1. The third-order valence-corrected chi connectivity index (χ3v) is 6.57. The largest absolute Gasteiger partial charge is 0.491 e. The lowest BCUT2D eigenvalue weighted by molar-refractivity contribution is 0.331. The number of fused-ring (bicyclic) bond motifs is 3. The summed E-state index contributed by atoms with van der Waals surface area (Å²) in [6.45, 7) is 6.47. The van der Waals surface area contributed by atoms with Gasteiger partial charge in [-0.1, -0.05) is 13.0 Å². The number of rotatable bonds is 2. The number of hydrogen-bond donors (Lipinski definition) is 1. The van der Waals surface area contributed by atoms with E-state index in [1.165, 1.54) is 17.7 Å². The summed E-state index contributed by atoms with van der Waals surface area (Å²) in [7, 11) is 0. The molecule has 162 valence electrons. The summed E-state index contributed by atoms with van der Waals surface area (Å²) in [4.78, 5) is 23.9. The lowest BCUT2D eigenvalue weighted by atomic mass is 9.88. The van der Waals surface area contributed by atoms with Gasteiger partial charge in [0.1, 0.15) is 30.3 Å². The molecule has 0 saturated carbocycles. The van der Waals surface area contributed by atoms with Crippen LogP contribution in [0.5, 0.6) is 5.75 Å². The highest BCUT2D eigenvalue weighted by Crippen LogP contribution is 2.34. The van der Waals surface area contributed by atoms with E-state index in [1.54, 1.807) is 6.33 Å². The first-order chi connectivity index (χ1) is 15.6. The molecule has 0 fully saturated rings. The maximum Gasteiger partial charge on any atom is 0.177 e. The fourth-order valence-electron chi connectivity index (χ4n) is 4.90. The van der Waals surface area contributed by atoms with E-state index in [4.69, 9.17) is 9.72 Å². The van der Waals surface area contributed by atoms with Crippen LogP contribution in [0.25, 0.3) is 22.3 Å². The summed E-state index contributed by atoms with van der Waals surface area (Å²) in [5.41, 5.74) is 7.57. The first-order valence-corrected chi connectivity index (χ1v) is 11.3. The van der Waals surface area contributed by atoms with Crippen molar-refractivity contribution in [3.05, 3.63) is 59.4 Å². The molecule has 0 bridgehead atoms. The minimum atomic E-state index is 0.641. The molecule has 7 nitrogen and oxygen atoms in total. The molecular weight excluding hydrogens is 400 g/mol. The molecule has 6 rings (SSSR count). The Morgan fingerprint density at radius 2 is 2.06 bits per heavy atom. The Labute approximate surface area is 186 Å². The SMILES string of the molecule is Cc1nc2ncc(-c3ccc4c(c3)CN(c3ncnc5c3CC[C@@H](C)C5)CCO4)cc2[nH]1. The summed E-state index contributed by atoms with van der Waals surface area (Å²) >= 11 is 0. The van der Waals surface area contributed by atoms with E-state index in [0.29, 0.717) is 12.5 Å². The van der Waals surface area contributed by atoms with Gasteiger partial charge in [0.05, 0.1) is 12.1 Å². The zero-order valence-corrected chi connectivity index (χ0v) is 18.4. The van der Waals surface area contributed by atoms with E-state index < -0.39 is 0 Å². The van der Waals surface area contributed by atoms with Gasteiger partial charge in [-0.2, -0.15) is 0 Å². The normalized spacial score (nSPS) is 18.1. The average molecular weight is 427 g/mol. The average Bonchev–Trinajstić information content (AvgIpc) is 3.04. The van der Waals surface area contributed by atoms with Crippen molar-refractivity contribution >= 4 is 17.0 Å². The van der Waals surface area contributed by atoms with Crippen molar-refractivity contribution in [2.75, 3.05) is 18.1 Å². The Balaban J connectivity index is 1.35. The molecule has 0 saturated heterocycles. The van der Waals surface area contributed by atoms with Crippen molar-refractivity contribution in [3.63, 3.8) is 0 Å². The van der Waals surface area contributed by atoms with Gasteiger partial charge in [0.2, 0.25) is 0 Å². The van der Waals surface area contributed by atoms with Crippen molar-refractivity contribution in [2.24, 2.45) is 5.92 Å². The molecule has 1 aromatic carbocycles. The fourth-order valence-corrected chi connectivity index (χ4v) is 4.90. The van der Waals surface area contributed by atoms with Crippen LogP contribution in [0.1, 0.15) is 36.0 Å². The van der Waals surface area contributed by atoms with Crippen LogP contribution in [-0.4, -0.2) is 38.1 Å². The van der Waals surface area contributed by atoms with Crippen LogP contribution < -0.4 is 9.64 Å². The monoisotopic (exact) mass is 426 g/mol. The van der Waals surface area contributed by atoms with Crippen LogP contribution in [-0.2, 0) is 19.4 Å². The molecule has 4 aromatic rings. The highest BCUT2D eigenvalue weighted by atomic mass is 16.5. The molecule has 1 aliphatic heterocycles. The topological polar surface area (TPSA) is 79.8 Å². The Hall–Kier alpha value is -3.48. The van der Waals surface area contributed by atoms with Crippen LogP contribution >= 0.6 is 0 Å². The van der Waals surface area contributed by atoms with Gasteiger partial charge in [0, 0.05) is 35.1 Å². The first-order valence-electron chi connectivity index (χ1n) is 11.3. The van der Waals surface area contributed by atoms with Gasteiger partial charge in [-0.3, -0.25) is 0 Å². The number of pyridine rings is 1. The third-order valence-electron chi connectivity index (χ3n) is 6.57. The fraction of sp³-hybridized carbons (Fsp3) is 0.360. The molecule has 1 N–H and O–H groups in total. The molecule has 2 aliphatic rings. The van der Waals surface area contributed by atoms with Crippen molar-refractivity contribution < 1.29 is 4.74 Å². The molecule has 1 atom stereocenters. The number of imidazole rings is 1. The van der Waals surface area contributed by atoms with E-state index in [9.17, 15) is 0 Å². The number of hydrogen-bond acceptors (Lipinski definition) is 6. The third kappa shape index (κ3) is 3.38. The standard InChI is InChI=1S/C25H26N6O/c1-15-3-5-20-21(9-15)27-14-28-25(20)31-7-8-32-23-6-4-17(10-19(23)13-31)18-11-22-24(26-12-18)30-16(2)29-22/h4,6,10-12,14-15H,3,5,7-9,13H2,1-2H3,(H,26,29,30)/t15-/m1/s1. The van der Waals surface area contributed by atoms with Crippen molar-refractivity contribution in [1.82, 2.24) is 24.9 Å². The Morgan fingerprint density at radius 3 is 3.00 bits per heavy atom. The number of nitrogens with zero attached hydrogens (tertiary/aromatic N) is 5. The number of aromatic amines is 1. The van der Waals surface area contributed by atoms with E-state index in [2.05, 4.69) is 56.0 Å². The summed E-state index contributed by atoms with van der Waals surface area (Å²) in [6, 6.07) is 8.51. The Morgan fingerprint density at radius 1 is 1.12 bits per heavy atom. The Bertz CT molecular complexity index is 1310. The van der Waals surface area contributed by atoms with Crippen molar-refractivity contribution in [1.29, 1.82) is 0 Å². The molecular formula is C25H26N6O. The molecule has 3 aromatic heterocycles. The number of aromatic nitrogens is 5. The summed E-state index contributed by atoms with van der Waals surface area (Å²) in [5, 5.41) is 0. The second-order valence-electron chi connectivity index (χ2n) is 8.98. The van der Waals surface area contributed by atoms with Crippen molar-refractivity contribution in [3.8, 4) is 16.9 Å². The van der Waals surface area contributed by atoms with Gasteiger partial charge < -0.3 is 14.6 Å². The molecule has 1 aliphatic carbocycles. The van der Waals surface area contributed by atoms with E-state index >= 15 is 0 Å². The highest BCUT2D eigenvalue weighted by Gasteiger charge is 2.25. The maximum absolute atomic E-state index is 6.11. The molecule has 4 heterocycles. The second-order valence-corrected chi connectivity index (χ2v) is 8.98. The number of nitrogens with one attached hydrogen (secondary N) is 1. The minimum absolute atomic E-state index is 0.641. The minimum Gasteiger partial charge on any atom is -0.491 e. The zero-order valence-electron chi connectivity index (χ0n) is 18.4. The molecule has 7 heteroatoms. The lowest BCUT2D eigenvalue weighted by Crippen LogP contribution is -2.29. The Kier molecular flexibility index (Phi) is 4.56. The molecule has 0 amide bonds. The van der Waals surface area contributed by atoms with Crippen LogP contribution in [0, 0.1) is 12.8 Å². The summed E-state index contributed by atoms with van der Waals surface area (Å²) in [6.07, 6.45) is 6.90. The second kappa shape index (κ2) is 7.58. The van der Waals surface area contributed by atoms with Gasteiger partial charge in [-0.25, -0.2) is 19.9 Å². The van der Waals surface area contributed by atoms with E-state index in [1.807, 2.05) is 13.1 Å². The van der Waals surface area contributed by atoms with Gasteiger partial charge in [-0.15, -0.1) is 0 Å². The predicted molar refractivity (Wildman–Crippen MR) is 124 cm³/mol.